The second-order valence-corrected chi connectivity index (χ2v) is 3.81. The fraction of sp³-hybridized carbons (Fsp3) is 0.500. The Morgan fingerprint density at radius 2 is 2.22 bits per heavy atom. The van der Waals surface area contributed by atoms with E-state index in [9.17, 15) is 4.79 Å². The van der Waals surface area contributed by atoms with Gasteiger partial charge < -0.3 is 20.6 Å². The van der Waals surface area contributed by atoms with Crippen LogP contribution in [0.1, 0.15) is 12.6 Å². The predicted octanol–water partition coefficient (Wildman–Crippen LogP) is 0.474. The average Bonchev–Trinajstić information content (AvgIpc) is 2.77. The molecule has 1 aromatic rings. The first-order valence-corrected chi connectivity index (χ1v) is 6.02. The van der Waals surface area contributed by atoms with E-state index in [1.165, 1.54) is 18.4 Å². The normalized spacial score (nSPS) is 10.3. The molecule has 1 heterocycles. The first-order valence-electron chi connectivity index (χ1n) is 5.14. The zero-order valence-electron chi connectivity index (χ0n) is 10.9. The van der Waals surface area contributed by atoms with Crippen molar-refractivity contribution in [1.29, 1.82) is 0 Å². The Labute approximate surface area is 110 Å². The summed E-state index contributed by atoms with van der Waals surface area (Å²) in [5, 5.41) is 8.19. The van der Waals surface area contributed by atoms with E-state index in [4.69, 9.17) is 10.6 Å². The van der Waals surface area contributed by atoms with E-state index in [1.54, 1.807) is 26.5 Å². The van der Waals surface area contributed by atoms with Crippen LogP contribution in [0.2, 0.25) is 0 Å². The van der Waals surface area contributed by atoms with Crippen LogP contribution in [0.4, 0.5) is 5.13 Å². The van der Waals surface area contributed by atoms with Crippen LogP contribution in [0.15, 0.2) is 10.5 Å². The van der Waals surface area contributed by atoms with Gasteiger partial charge in [-0.25, -0.2) is 4.98 Å². The van der Waals surface area contributed by atoms with E-state index < -0.39 is 0 Å². The molecule has 0 radical (unpaired) electrons. The molecule has 3 N–H and O–H groups in total. The van der Waals surface area contributed by atoms with Crippen LogP contribution in [0.5, 0.6) is 0 Å². The molecule has 0 saturated carbocycles. The second kappa shape index (κ2) is 9.37. The number of thiazole rings is 1. The highest BCUT2D eigenvalue weighted by Crippen LogP contribution is 2.12. The maximum absolute atomic E-state index is 11.4. The van der Waals surface area contributed by atoms with E-state index in [2.05, 4.69) is 20.2 Å². The number of carbonyl (C=O) groups excluding carboxylic acids is 1. The molecule has 0 aliphatic rings. The molecular formula is C10H18N4O3S. The fourth-order valence-corrected chi connectivity index (χ4v) is 1.40. The molecule has 1 aromatic heterocycles. The summed E-state index contributed by atoms with van der Waals surface area (Å²) in [7, 11) is 4.76. The number of nitrogens with zero attached hydrogens (tertiary/aromatic N) is 2. The third kappa shape index (κ3) is 5.60. The number of oxime groups is 1. The number of aromatic nitrogens is 1. The van der Waals surface area contributed by atoms with Gasteiger partial charge in [0.2, 0.25) is 0 Å². The van der Waals surface area contributed by atoms with Crippen molar-refractivity contribution in [2.24, 2.45) is 5.16 Å². The topological polar surface area (TPSA) is 98.8 Å². The maximum Gasteiger partial charge on any atom is 0.275 e. The van der Waals surface area contributed by atoms with E-state index in [-0.39, 0.29) is 11.6 Å². The van der Waals surface area contributed by atoms with Gasteiger partial charge in [0, 0.05) is 26.6 Å². The molecule has 8 heteroatoms. The summed E-state index contributed by atoms with van der Waals surface area (Å²) in [6, 6.07) is 0. The van der Waals surface area contributed by atoms with Crippen molar-refractivity contribution >= 4 is 28.1 Å². The van der Waals surface area contributed by atoms with Crippen LogP contribution in [-0.2, 0) is 14.4 Å². The van der Waals surface area contributed by atoms with Crippen molar-refractivity contribution in [3.05, 3.63) is 11.1 Å². The van der Waals surface area contributed by atoms with Gasteiger partial charge in [0.05, 0.1) is 0 Å². The average molecular weight is 274 g/mol. The van der Waals surface area contributed by atoms with Gasteiger partial charge in [-0.3, -0.25) is 4.79 Å². The summed E-state index contributed by atoms with van der Waals surface area (Å²) in [5.74, 6) is -0.353. The van der Waals surface area contributed by atoms with Crippen molar-refractivity contribution in [1.82, 2.24) is 10.3 Å². The number of anilines is 1. The lowest BCUT2D eigenvalue weighted by Gasteiger charge is -2.01. The van der Waals surface area contributed by atoms with Gasteiger partial charge in [-0.1, -0.05) is 5.16 Å². The Bertz CT molecular complexity index is 392. The smallest absolute Gasteiger partial charge is 0.275 e. The van der Waals surface area contributed by atoms with Gasteiger partial charge in [-0.05, 0) is 6.92 Å². The van der Waals surface area contributed by atoms with E-state index >= 15 is 0 Å². The molecule has 0 bridgehead atoms. The SMILES string of the molecule is CCO/N=C(\C(=O)NC)c1csc(N)n1.COC. The van der Waals surface area contributed by atoms with Crippen molar-refractivity contribution in [2.45, 2.75) is 6.92 Å². The number of nitrogens with two attached hydrogens (primary N) is 1. The summed E-state index contributed by atoms with van der Waals surface area (Å²) in [4.78, 5) is 20.2. The van der Waals surface area contributed by atoms with Crippen LogP contribution >= 0.6 is 11.3 Å². The van der Waals surface area contributed by atoms with Crippen molar-refractivity contribution in [2.75, 3.05) is 33.6 Å². The number of ether oxygens (including phenoxy) is 1. The monoisotopic (exact) mass is 274 g/mol. The third-order valence-corrected chi connectivity index (χ3v) is 2.17. The second-order valence-electron chi connectivity index (χ2n) is 2.92. The molecule has 0 aliphatic carbocycles. The molecule has 0 fully saturated rings. The summed E-state index contributed by atoms with van der Waals surface area (Å²) in [6.45, 7) is 2.17. The first kappa shape index (κ1) is 16.3. The zero-order chi connectivity index (χ0) is 14.0. The first-order chi connectivity index (χ1) is 8.60. The van der Waals surface area contributed by atoms with Crippen LogP contribution in [-0.4, -0.2) is 44.5 Å². The predicted molar refractivity (Wildman–Crippen MR) is 71.7 cm³/mol. The highest BCUT2D eigenvalue weighted by atomic mass is 32.1. The van der Waals surface area contributed by atoms with Gasteiger partial charge in [-0.15, -0.1) is 11.3 Å². The molecule has 0 spiro atoms. The maximum atomic E-state index is 11.4. The Kier molecular flexibility index (Phi) is 8.50. The number of nitrogen functional groups attached to an aromatic ring is 1. The minimum absolute atomic E-state index is 0.132. The quantitative estimate of drug-likeness (QED) is 0.614. The summed E-state index contributed by atoms with van der Waals surface area (Å²) in [5.41, 5.74) is 6.02. The van der Waals surface area contributed by atoms with Crippen molar-refractivity contribution in [3.63, 3.8) is 0 Å². The Hall–Kier alpha value is -1.67. The van der Waals surface area contributed by atoms with Crippen LogP contribution < -0.4 is 11.1 Å². The van der Waals surface area contributed by atoms with Crippen molar-refractivity contribution in [3.8, 4) is 0 Å². The Morgan fingerprint density at radius 1 is 1.61 bits per heavy atom. The highest BCUT2D eigenvalue weighted by Gasteiger charge is 2.16. The van der Waals surface area contributed by atoms with E-state index in [1.807, 2.05) is 0 Å². The van der Waals surface area contributed by atoms with Crippen LogP contribution in [0, 0.1) is 0 Å². The number of rotatable bonds is 4. The van der Waals surface area contributed by atoms with Gasteiger partial charge in [0.25, 0.3) is 5.91 Å². The van der Waals surface area contributed by atoms with Crippen LogP contribution in [0.25, 0.3) is 0 Å². The Balaban J connectivity index is 0.000000873. The Morgan fingerprint density at radius 3 is 2.61 bits per heavy atom. The molecular weight excluding hydrogens is 256 g/mol. The number of hydrogen-bond acceptors (Lipinski definition) is 7. The number of methoxy groups -OCH3 is 1. The molecule has 0 atom stereocenters. The summed E-state index contributed by atoms with van der Waals surface area (Å²) < 4.78 is 4.25. The lowest BCUT2D eigenvalue weighted by molar-refractivity contribution is -0.114. The molecule has 0 saturated heterocycles. The zero-order valence-corrected chi connectivity index (χ0v) is 11.7. The molecule has 0 aromatic carbocycles. The lowest BCUT2D eigenvalue weighted by atomic mass is 10.3. The molecule has 102 valence electrons. The van der Waals surface area contributed by atoms with E-state index in [0.29, 0.717) is 17.4 Å². The third-order valence-electron chi connectivity index (χ3n) is 1.49. The largest absolute Gasteiger partial charge is 0.395 e. The standard InChI is InChI=1S/C8H12N4O2S.C2H6O/c1-3-14-12-6(7(13)10-2)5-4-15-8(9)11-5;1-3-2/h4H,3H2,1-2H3,(H2,9,11)(H,10,13);1-2H3/b12-6-;. The van der Waals surface area contributed by atoms with Gasteiger partial charge >= 0.3 is 0 Å². The number of likely N-dealkylation sites (N-methyl/N-ethyl adjacent to an activating group) is 1. The fourth-order valence-electron chi connectivity index (χ4n) is 0.848. The van der Waals surface area contributed by atoms with Gasteiger partial charge in [0.15, 0.2) is 10.8 Å². The minimum atomic E-state index is -0.353. The van der Waals surface area contributed by atoms with Gasteiger partial charge in [-0.2, -0.15) is 0 Å². The molecule has 18 heavy (non-hydrogen) atoms. The van der Waals surface area contributed by atoms with E-state index in [0.717, 1.165) is 0 Å². The van der Waals surface area contributed by atoms with Crippen molar-refractivity contribution < 1.29 is 14.4 Å². The molecule has 1 amide bonds. The lowest BCUT2D eigenvalue weighted by Crippen LogP contribution is -2.28. The highest BCUT2D eigenvalue weighted by molar-refractivity contribution is 7.13. The van der Waals surface area contributed by atoms with Gasteiger partial charge in [0.1, 0.15) is 12.3 Å². The number of hydrogen-bond donors (Lipinski definition) is 2. The molecule has 7 nitrogen and oxygen atoms in total. The minimum Gasteiger partial charge on any atom is -0.395 e. The molecule has 1 rings (SSSR count). The molecule has 0 unspecified atom stereocenters. The molecule has 0 aliphatic heterocycles. The number of carbonyl (C=O) groups is 1. The summed E-state index contributed by atoms with van der Waals surface area (Å²) in [6.07, 6.45) is 0. The number of nitrogens with one attached hydrogen (secondary N) is 1. The summed E-state index contributed by atoms with van der Waals surface area (Å²) >= 11 is 1.24. The number of amides is 1. The van der Waals surface area contributed by atoms with Crippen LogP contribution in [0.3, 0.4) is 0 Å².